The first-order chi connectivity index (χ1) is 18.9. The summed E-state index contributed by atoms with van der Waals surface area (Å²) in [4.78, 5) is 27.1. The number of hydrogen-bond acceptors (Lipinski definition) is 7. The van der Waals surface area contributed by atoms with Crippen LogP contribution in [0, 0.1) is 6.92 Å². The average Bonchev–Trinajstić information content (AvgIpc) is 3.35. The van der Waals surface area contributed by atoms with Crippen molar-refractivity contribution in [1.29, 1.82) is 0 Å². The molecule has 0 unspecified atom stereocenters. The monoisotopic (exact) mass is 558 g/mol. The highest BCUT2D eigenvalue weighted by atomic mass is 19.3. The van der Waals surface area contributed by atoms with Gasteiger partial charge in [0, 0.05) is 36.3 Å². The number of alkyl halides is 2. The normalized spacial score (nSPS) is 18.2. The van der Waals surface area contributed by atoms with Crippen LogP contribution < -0.4 is 4.74 Å². The van der Waals surface area contributed by atoms with Crippen LogP contribution in [0.1, 0.15) is 66.7 Å². The molecule has 0 spiro atoms. The van der Waals surface area contributed by atoms with Gasteiger partial charge in [0.05, 0.1) is 31.4 Å². The largest absolute Gasteiger partial charge is 0.496 e. The maximum atomic E-state index is 13.1. The fourth-order valence-electron chi connectivity index (χ4n) is 5.32. The highest BCUT2D eigenvalue weighted by Gasteiger charge is 2.33. The third-order valence-electron chi connectivity index (χ3n) is 7.08. The average molecular weight is 559 g/mol. The van der Waals surface area contributed by atoms with Crippen molar-refractivity contribution in [2.24, 2.45) is 0 Å². The zero-order chi connectivity index (χ0) is 29.2. The number of carbonyl (C=O) groups is 2. The third-order valence-corrected chi connectivity index (χ3v) is 7.08. The zero-order valence-electron chi connectivity index (χ0n) is 23.7. The van der Waals surface area contributed by atoms with Crippen LogP contribution in [-0.2, 0) is 20.8 Å². The Balaban J connectivity index is 1.72. The van der Waals surface area contributed by atoms with Crippen molar-refractivity contribution in [3.05, 3.63) is 64.8 Å². The van der Waals surface area contributed by atoms with Gasteiger partial charge < -0.3 is 18.9 Å². The van der Waals surface area contributed by atoms with Crippen molar-refractivity contribution in [2.75, 3.05) is 20.8 Å². The summed E-state index contributed by atoms with van der Waals surface area (Å²) in [5.74, 6) is 0.213. The van der Waals surface area contributed by atoms with E-state index in [-0.39, 0.29) is 6.04 Å². The van der Waals surface area contributed by atoms with Crippen LogP contribution in [0.2, 0.25) is 0 Å². The van der Waals surface area contributed by atoms with Crippen LogP contribution in [0.25, 0.3) is 10.9 Å². The Hall–Kier alpha value is -3.50. The molecule has 1 aromatic heterocycles. The third kappa shape index (κ3) is 6.45. The van der Waals surface area contributed by atoms with Gasteiger partial charge in [0.2, 0.25) is 0 Å². The van der Waals surface area contributed by atoms with Crippen molar-refractivity contribution in [2.45, 2.75) is 71.4 Å². The molecule has 0 radical (unpaired) electrons. The molecule has 1 aliphatic rings. The van der Waals surface area contributed by atoms with Gasteiger partial charge in [-0.2, -0.15) is 8.78 Å². The minimum Gasteiger partial charge on any atom is -0.496 e. The molecule has 0 saturated carbocycles. The molecule has 0 bridgehead atoms. The molecule has 1 fully saturated rings. The Labute approximate surface area is 232 Å². The predicted molar refractivity (Wildman–Crippen MR) is 146 cm³/mol. The predicted octanol–water partition coefficient (Wildman–Crippen LogP) is 6.47. The number of likely N-dealkylation sites (tertiary alicyclic amines) is 1. The maximum Gasteiger partial charge on any atom is 0.419 e. The van der Waals surface area contributed by atoms with E-state index in [9.17, 15) is 18.4 Å². The van der Waals surface area contributed by atoms with Crippen LogP contribution in [0.4, 0.5) is 13.6 Å². The molecule has 0 aliphatic carbocycles. The maximum absolute atomic E-state index is 13.1. The van der Waals surface area contributed by atoms with E-state index >= 15 is 0 Å². The highest BCUT2D eigenvalue weighted by molar-refractivity contribution is 5.95. The van der Waals surface area contributed by atoms with E-state index in [0.717, 1.165) is 27.6 Å². The standard InChI is InChI=1S/C30H36F2N2O6/c1-18-15-25(37-5)23(22-12-14-34(26(18)22)29(36)40-30(2,3)4)17-33-13-11-21(39-28(31)32)16-24(33)19-7-9-20(10-8-19)27(35)38-6/h7-10,12,14-15,21,24,28H,11,13,16-17H2,1-6H3/t21-,24-/m0/s1. The fourth-order valence-corrected chi connectivity index (χ4v) is 5.32. The summed E-state index contributed by atoms with van der Waals surface area (Å²) < 4.78 is 48.8. The molecular weight excluding hydrogens is 522 g/mol. The lowest BCUT2D eigenvalue weighted by atomic mass is 9.91. The number of ether oxygens (including phenoxy) is 4. The zero-order valence-corrected chi connectivity index (χ0v) is 23.7. The summed E-state index contributed by atoms with van der Waals surface area (Å²) in [5.41, 5.74) is 3.06. The van der Waals surface area contributed by atoms with Crippen LogP contribution in [0.15, 0.2) is 42.6 Å². The number of piperidine rings is 1. The summed E-state index contributed by atoms with van der Waals surface area (Å²) >= 11 is 0. The van der Waals surface area contributed by atoms with Crippen molar-refractivity contribution < 1.29 is 37.3 Å². The van der Waals surface area contributed by atoms with Crippen molar-refractivity contribution in [1.82, 2.24) is 9.47 Å². The number of nitrogens with zero attached hydrogens (tertiary/aromatic N) is 2. The summed E-state index contributed by atoms with van der Waals surface area (Å²) in [5, 5.41) is 0.841. The van der Waals surface area contributed by atoms with Crippen molar-refractivity contribution >= 4 is 23.0 Å². The molecule has 1 saturated heterocycles. The molecule has 40 heavy (non-hydrogen) atoms. The van der Waals surface area contributed by atoms with Crippen LogP contribution >= 0.6 is 0 Å². The molecule has 10 heteroatoms. The number of methoxy groups -OCH3 is 2. The SMILES string of the molecule is COC(=O)c1ccc([C@@H]2C[C@@H](OC(F)F)CCN2Cc2c(OC)cc(C)c3c2ccn3C(=O)OC(C)(C)C)cc1. The number of benzene rings is 2. The Kier molecular flexibility index (Phi) is 8.80. The molecule has 0 amide bonds. The molecule has 216 valence electrons. The molecule has 0 N–H and O–H groups in total. The topological polar surface area (TPSA) is 79.2 Å². The summed E-state index contributed by atoms with van der Waals surface area (Å²) in [7, 11) is 2.91. The molecule has 2 aromatic carbocycles. The molecular formula is C30H36F2N2O6. The number of carbonyl (C=O) groups excluding carboxylic acids is 2. The number of aromatic nitrogens is 1. The Morgan fingerprint density at radius 2 is 1.80 bits per heavy atom. The summed E-state index contributed by atoms with van der Waals surface area (Å²) in [6.07, 6.45) is 1.38. The number of esters is 1. The summed E-state index contributed by atoms with van der Waals surface area (Å²) in [6.45, 7) is 5.43. The second-order valence-electron chi connectivity index (χ2n) is 10.9. The van der Waals surface area contributed by atoms with Crippen LogP contribution in [0.3, 0.4) is 0 Å². The van der Waals surface area contributed by atoms with E-state index in [1.807, 2.05) is 52.0 Å². The second-order valence-corrected chi connectivity index (χ2v) is 10.9. The number of fused-ring (bicyclic) bond motifs is 1. The first-order valence-corrected chi connectivity index (χ1v) is 13.2. The van der Waals surface area contributed by atoms with E-state index in [2.05, 4.69) is 4.90 Å². The van der Waals surface area contributed by atoms with Gasteiger partial charge in [-0.05, 0) is 75.9 Å². The van der Waals surface area contributed by atoms with E-state index in [0.29, 0.717) is 37.2 Å². The second kappa shape index (κ2) is 11.9. The molecule has 1 aliphatic heterocycles. The minimum absolute atomic E-state index is 0.266. The number of aryl methyl sites for hydroxylation is 1. The Morgan fingerprint density at radius 3 is 2.40 bits per heavy atom. The van der Waals surface area contributed by atoms with Gasteiger partial charge in [0.25, 0.3) is 0 Å². The smallest absolute Gasteiger partial charge is 0.419 e. The molecule has 2 heterocycles. The quantitative estimate of drug-likeness (QED) is 0.308. The lowest BCUT2D eigenvalue weighted by Gasteiger charge is -2.40. The van der Waals surface area contributed by atoms with Gasteiger partial charge in [-0.25, -0.2) is 9.59 Å². The van der Waals surface area contributed by atoms with Crippen LogP contribution in [-0.4, -0.2) is 60.6 Å². The van der Waals surface area contributed by atoms with Gasteiger partial charge >= 0.3 is 18.7 Å². The van der Waals surface area contributed by atoms with Gasteiger partial charge in [-0.3, -0.25) is 9.47 Å². The van der Waals surface area contributed by atoms with Crippen molar-refractivity contribution in [3.8, 4) is 5.75 Å². The lowest BCUT2D eigenvalue weighted by molar-refractivity contribution is -0.178. The molecule has 3 aromatic rings. The minimum atomic E-state index is -2.86. The number of halogens is 2. The summed E-state index contributed by atoms with van der Waals surface area (Å²) in [6, 6.07) is 10.5. The fraction of sp³-hybridized carbons (Fsp3) is 0.467. The highest BCUT2D eigenvalue weighted by Crippen LogP contribution is 2.39. The lowest BCUT2D eigenvalue weighted by Crippen LogP contribution is -2.40. The van der Waals surface area contributed by atoms with E-state index < -0.39 is 30.4 Å². The Bertz CT molecular complexity index is 1360. The van der Waals surface area contributed by atoms with E-state index in [1.165, 1.54) is 11.7 Å². The van der Waals surface area contributed by atoms with E-state index in [1.54, 1.807) is 25.4 Å². The van der Waals surface area contributed by atoms with Crippen LogP contribution in [0.5, 0.6) is 5.75 Å². The first-order valence-electron chi connectivity index (χ1n) is 13.2. The van der Waals surface area contributed by atoms with Gasteiger partial charge in [-0.15, -0.1) is 0 Å². The molecule has 8 nitrogen and oxygen atoms in total. The van der Waals surface area contributed by atoms with E-state index in [4.69, 9.17) is 18.9 Å². The van der Waals surface area contributed by atoms with Gasteiger partial charge in [0.15, 0.2) is 0 Å². The number of hydrogen-bond donors (Lipinski definition) is 0. The number of rotatable bonds is 7. The molecule has 2 atom stereocenters. The Morgan fingerprint density at radius 1 is 1.10 bits per heavy atom. The van der Waals surface area contributed by atoms with Gasteiger partial charge in [-0.1, -0.05) is 12.1 Å². The first kappa shape index (κ1) is 29.5. The van der Waals surface area contributed by atoms with Gasteiger partial charge in [0.1, 0.15) is 11.4 Å². The van der Waals surface area contributed by atoms with Crippen molar-refractivity contribution in [3.63, 3.8) is 0 Å². The molecule has 4 rings (SSSR count).